The Balaban J connectivity index is 2.17. The molecule has 0 aliphatic carbocycles. The molecule has 1 N–H and O–H groups in total. The number of hydrogen-bond acceptors (Lipinski definition) is 3. The van der Waals surface area contributed by atoms with E-state index in [1.807, 2.05) is 0 Å². The summed E-state index contributed by atoms with van der Waals surface area (Å²) < 4.78 is 5.09. The molecule has 0 bridgehead atoms. The standard InChI is InChI=1S/C9H18ClNO2/c1-13-7-8-2-3-11(5-8)6-9(12)4-10/h8-9,12H,2-7H2,1H3. The van der Waals surface area contributed by atoms with E-state index in [1.54, 1.807) is 7.11 Å². The van der Waals surface area contributed by atoms with Crippen molar-refractivity contribution in [3.05, 3.63) is 0 Å². The third kappa shape index (κ3) is 3.81. The van der Waals surface area contributed by atoms with E-state index in [-0.39, 0.29) is 6.10 Å². The predicted octanol–water partition coefficient (Wildman–Crippen LogP) is 0.554. The first kappa shape index (κ1) is 11.2. The fourth-order valence-electron chi connectivity index (χ4n) is 1.80. The molecule has 1 heterocycles. The van der Waals surface area contributed by atoms with Crippen molar-refractivity contribution in [1.82, 2.24) is 4.90 Å². The molecule has 1 aliphatic heterocycles. The number of nitrogens with zero attached hydrogens (tertiary/aromatic N) is 1. The number of ether oxygens (including phenoxy) is 1. The van der Waals surface area contributed by atoms with Crippen LogP contribution in [-0.2, 0) is 4.74 Å². The van der Waals surface area contributed by atoms with Gasteiger partial charge in [-0.25, -0.2) is 0 Å². The molecule has 1 rings (SSSR count). The van der Waals surface area contributed by atoms with Crippen LogP contribution in [0.15, 0.2) is 0 Å². The van der Waals surface area contributed by atoms with Crippen molar-refractivity contribution in [1.29, 1.82) is 0 Å². The van der Waals surface area contributed by atoms with E-state index < -0.39 is 0 Å². The molecule has 0 saturated carbocycles. The third-order valence-corrected chi connectivity index (χ3v) is 2.78. The molecule has 0 spiro atoms. The molecular weight excluding hydrogens is 190 g/mol. The summed E-state index contributed by atoms with van der Waals surface area (Å²) in [6.45, 7) is 3.61. The molecule has 0 amide bonds. The van der Waals surface area contributed by atoms with E-state index in [9.17, 15) is 5.11 Å². The van der Waals surface area contributed by atoms with E-state index in [4.69, 9.17) is 16.3 Å². The van der Waals surface area contributed by atoms with Crippen LogP contribution in [0.3, 0.4) is 0 Å². The van der Waals surface area contributed by atoms with E-state index >= 15 is 0 Å². The van der Waals surface area contributed by atoms with Gasteiger partial charge in [0.15, 0.2) is 0 Å². The topological polar surface area (TPSA) is 32.7 Å². The Morgan fingerprint density at radius 2 is 2.46 bits per heavy atom. The lowest BCUT2D eigenvalue weighted by Gasteiger charge is -2.18. The van der Waals surface area contributed by atoms with Gasteiger partial charge in [-0.15, -0.1) is 11.6 Å². The summed E-state index contributed by atoms with van der Waals surface area (Å²) in [6.07, 6.45) is 0.783. The van der Waals surface area contributed by atoms with Crippen LogP contribution in [0.25, 0.3) is 0 Å². The second-order valence-corrected chi connectivity index (χ2v) is 3.99. The quantitative estimate of drug-likeness (QED) is 0.669. The minimum atomic E-state index is -0.386. The number of β-amino-alcohol motifs (C(OH)–C–C–N with tert-alkyl or cyclic N) is 1. The van der Waals surface area contributed by atoms with Gasteiger partial charge in [0.05, 0.1) is 12.7 Å². The molecule has 0 aromatic heterocycles. The predicted molar refractivity (Wildman–Crippen MR) is 53.1 cm³/mol. The molecule has 0 aromatic rings. The SMILES string of the molecule is COCC1CCN(CC(O)CCl)C1. The van der Waals surface area contributed by atoms with Gasteiger partial charge < -0.3 is 14.7 Å². The average molecular weight is 208 g/mol. The van der Waals surface area contributed by atoms with Crippen LogP contribution >= 0.6 is 11.6 Å². The fraction of sp³-hybridized carbons (Fsp3) is 1.00. The normalized spacial score (nSPS) is 26.5. The number of likely N-dealkylation sites (tertiary alicyclic amines) is 1. The van der Waals surface area contributed by atoms with Crippen molar-refractivity contribution in [3.63, 3.8) is 0 Å². The Morgan fingerprint density at radius 1 is 1.69 bits per heavy atom. The molecule has 0 aromatic carbocycles. The highest BCUT2D eigenvalue weighted by Crippen LogP contribution is 2.16. The molecular formula is C9H18ClNO2. The van der Waals surface area contributed by atoms with Gasteiger partial charge in [0.1, 0.15) is 0 Å². The summed E-state index contributed by atoms with van der Waals surface area (Å²) in [4.78, 5) is 2.25. The zero-order valence-electron chi connectivity index (χ0n) is 8.08. The Kier molecular flexibility index (Phi) is 5.02. The van der Waals surface area contributed by atoms with Crippen LogP contribution < -0.4 is 0 Å². The lowest BCUT2D eigenvalue weighted by atomic mass is 10.1. The van der Waals surface area contributed by atoms with Crippen LogP contribution in [0.4, 0.5) is 0 Å². The molecule has 4 heteroatoms. The minimum Gasteiger partial charge on any atom is -0.391 e. The van der Waals surface area contributed by atoms with E-state index in [0.29, 0.717) is 18.3 Å². The number of hydrogen-bond donors (Lipinski definition) is 1. The summed E-state index contributed by atoms with van der Waals surface area (Å²) in [5.41, 5.74) is 0. The van der Waals surface area contributed by atoms with Gasteiger partial charge in [0.25, 0.3) is 0 Å². The first-order valence-electron chi connectivity index (χ1n) is 4.71. The smallest absolute Gasteiger partial charge is 0.0802 e. The highest BCUT2D eigenvalue weighted by atomic mass is 35.5. The summed E-state index contributed by atoms with van der Waals surface area (Å²) in [5, 5.41) is 9.33. The largest absolute Gasteiger partial charge is 0.391 e. The summed E-state index contributed by atoms with van der Waals surface area (Å²) >= 11 is 5.53. The van der Waals surface area contributed by atoms with Gasteiger partial charge in [0, 0.05) is 26.1 Å². The van der Waals surface area contributed by atoms with Crippen molar-refractivity contribution < 1.29 is 9.84 Å². The van der Waals surface area contributed by atoms with Gasteiger partial charge in [-0.05, 0) is 18.9 Å². The molecule has 1 aliphatic rings. The van der Waals surface area contributed by atoms with E-state index in [0.717, 1.165) is 19.7 Å². The molecule has 3 nitrogen and oxygen atoms in total. The van der Waals surface area contributed by atoms with Crippen LogP contribution in [0.5, 0.6) is 0 Å². The summed E-state index contributed by atoms with van der Waals surface area (Å²) in [7, 11) is 1.73. The van der Waals surface area contributed by atoms with Gasteiger partial charge >= 0.3 is 0 Å². The van der Waals surface area contributed by atoms with Crippen LogP contribution in [0.1, 0.15) is 6.42 Å². The molecule has 13 heavy (non-hydrogen) atoms. The zero-order chi connectivity index (χ0) is 9.68. The molecule has 78 valence electrons. The molecule has 0 radical (unpaired) electrons. The van der Waals surface area contributed by atoms with Crippen molar-refractivity contribution in [2.75, 3.05) is 39.2 Å². The zero-order valence-corrected chi connectivity index (χ0v) is 8.83. The summed E-state index contributed by atoms with van der Waals surface area (Å²) in [6, 6.07) is 0. The van der Waals surface area contributed by atoms with Crippen LogP contribution in [0, 0.1) is 5.92 Å². The maximum atomic E-state index is 9.33. The van der Waals surface area contributed by atoms with E-state index in [1.165, 1.54) is 6.42 Å². The lowest BCUT2D eigenvalue weighted by molar-refractivity contribution is 0.127. The van der Waals surface area contributed by atoms with Crippen LogP contribution in [0.2, 0.25) is 0 Å². The number of rotatable bonds is 5. The Labute approximate surface area is 84.6 Å². The number of aliphatic hydroxyl groups excluding tert-OH is 1. The first-order chi connectivity index (χ1) is 6.26. The lowest BCUT2D eigenvalue weighted by Crippen LogP contribution is -2.31. The van der Waals surface area contributed by atoms with Crippen LogP contribution in [-0.4, -0.2) is 55.3 Å². The van der Waals surface area contributed by atoms with Crippen molar-refractivity contribution >= 4 is 11.6 Å². The Bertz CT molecular complexity index is 146. The summed E-state index contributed by atoms with van der Waals surface area (Å²) in [5.74, 6) is 0.957. The number of aliphatic hydroxyl groups is 1. The third-order valence-electron chi connectivity index (χ3n) is 2.42. The molecule has 1 fully saturated rings. The molecule has 2 unspecified atom stereocenters. The maximum Gasteiger partial charge on any atom is 0.0802 e. The highest BCUT2D eigenvalue weighted by molar-refractivity contribution is 6.18. The molecule has 1 saturated heterocycles. The van der Waals surface area contributed by atoms with Gasteiger partial charge in [-0.3, -0.25) is 0 Å². The van der Waals surface area contributed by atoms with Gasteiger partial charge in [0.2, 0.25) is 0 Å². The van der Waals surface area contributed by atoms with E-state index in [2.05, 4.69) is 4.90 Å². The fourth-order valence-corrected chi connectivity index (χ4v) is 1.89. The van der Waals surface area contributed by atoms with Crippen molar-refractivity contribution in [2.45, 2.75) is 12.5 Å². The maximum absolute atomic E-state index is 9.33. The Hall–Kier alpha value is 0.170. The number of methoxy groups -OCH3 is 1. The van der Waals surface area contributed by atoms with Gasteiger partial charge in [-0.2, -0.15) is 0 Å². The first-order valence-corrected chi connectivity index (χ1v) is 5.25. The number of halogens is 1. The van der Waals surface area contributed by atoms with Gasteiger partial charge in [-0.1, -0.05) is 0 Å². The minimum absolute atomic E-state index is 0.325. The number of alkyl halides is 1. The monoisotopic (exact) mass is 207 g/mol. The highest BCUT2D eigenvalue weighted by Gasteiger charge is 2.23. The Morgan fingerprint density at radius 3 is 3.08 bits per heavy atom. The molecule has 2 atom stereocenters. The second-order valence-electron chi connectivity index (χ2n) is 3.68. The average Bonchev–Trinajstić information content (AvgIpc) is 2.53. The van der Waals surface area contributed by atoms with Crippen molar-refractivity contribution in [3.8, 4) is 0 Å². The second kappa shape index (κ2) is 5.81. The van der Waals surface area contributed by atoms with Crippen molar-refractivity contribution in [2.24, 2.45) is 5.92 Å².